The highest BCUT2D eigenvalue weighted by Gasteiger charge is 2.16. The van der Waals surface area contributed by atoms with Crippen molar-refractivity contribution in [2.45, 2.75) is 52.1 Å². The number of ether oxygens (including phenoxy) is 1. The molecule has 0 unspecified atom stereocenters. The minimum absolute atomic E-state index is 0.460. The quantitative estimate of drug-likeness (QED) is 0.860. The van der Waals surface area contributed by atoms with Gasteiger partial charge in [-0.25, -0.2) is 4.98 Å². The van der Waals surface area contributed by atoms with Crippen LogP contribution in [0.5, 0.6) is 5.88 Å². The van der Waals surface area contributed by atoms with Crippen LogP contribution < -0.4 is 10.1 Å². The topological polar surface area (TPSA) is 34.2 Å². The Hall–Kier alpha value is -0.610. The van der Waals surface area contributed by atoms with Crippen LogP contribution in [0, 0.1) is 5.92 Å². The molecule has 1 aromatic heterocycles. The Morgan fingerprint density at radius 1 is 1.42 bits per heavy atom. The molecule has 2 rings (SSSR count). The van der Waals surface area contributed by atoms with Crippen molar-refractivity contribution in [3.05, 3.63) is 22.3 Å². The van der Waals surface area contributed by atoms with E-state index in [4.69, 9.17) is 4.74 Å². The van der Waals surface area contributed by atoms with Crippen molar-refractivity contribution < 1.29 is 4.74 Å². The van der Waals surface area contributed by atoms with Gasteiger partial charge in [0.2, 0.25) is 5.88 Å². The molecule has 1 fully saturated rings. The molecule has 4 heteroatoms. The summed E-state index contributed by atoms with van der Waals surface area (Å²) < 4.78 is 6.94. The molecule has 1 aliphatic rings. The van der Waals surface area contributed by atoms with Crippen molar-refractivity contribution in [3.8, 4) is 5.88 Å². The Morgan fingerprint density at radius 2 is 2.16 bits per heavy atom. The van der Waals surface area contributed by atoms with E-state index >= 15 is 0 Å². The Balaban J connectivity index is 1.96. The zero-order valence-corrected chi connectivity index (χ0v) is 13.4. The number of nitrogens with one attached hydrogen (secondary N) is 1. The van der Waals surface area contributed by atoms with E-state index in [1.807, 2.05) is 6.20 Å². The SMILES string of the molecule is CC(C)NCc1cc(Br)cnc1OCC1CCCC1. The molecule has 0 bridgehead atoms. The fourth-order valence-corrected chi connectivity index (χ4v) is 2.79. The van der Waals surface area contributed by atoms with Gasteiger partial charge in [-0.15, -0.1) is 0 Å². The lowest BCUT2D eigenvalue weighted by atomic mass is 10.1. The zero-order chi connectivity index (χ0) is 13.7. The maximum Gasteiger partial charge on any atom is 0.217 e. The van der Waals surface area contributed by atoms with Gasteiger partial charge in [-0.3, -0.25) is 0 Å². The predicted molar refractivity (Wildman–Crippen MR) is 81.4 cm³/mol. The second kappa shape index (κ2) is 7.25. The lowest BCUT2D eigenvalue weighted by Gasteiger charge is -2.15. The second-order valence-electron chi connectivity index (χ2n) is 5.61. The van der Waals surface area contributed by atoms with Gasteiger partial charge in [-0.2, -0.15) is 0 Å². The molecule has 1 aliphatic carbocycles. The fraction of sp³-hybridized carbons (Fsp3) is 0.667. The average molecular weight is 327 g/mol. The van der Waals surface area contributed by atoms with E-state index in [-0.39, 0.29) is 0 Å². The summed E-state index contributed by atoms with van der Waals surface area (Å²) in [5.41, 5.74) is 1.13. The van der Waals surface area contributed by atoms with Crippen LogP contribution in [0.4, 0.5) is 0 Å². The van der Waals surface area contributed by atoms with Gasteiger partial charge in [0.1, 0.15) is 0 Å². The average Bonchev–Trinajstić information content (AvgIpc) is 2.88. The van der Waals surface area contributed by atoms with E-state index in [9.17, 15) is 0 Å². The summed E-state index contributed by atoms with van der Waals surface area (Å²) in [6.45, 7) is 5.89. The van der Waals surface area contributed by atoms with Crippen molar-refractivity contribution in [1.82, 2.24) is 10.3 Å². The first-order valence-electron chi connectivity index (χ1n) is 7.15. The van der Waals surface area contributed by atoms with Gasteiger partial charge in [0.05, 0.1) is 6.61 Å². The molecule has 0 radical (unpaired) electrons. The molecule has 1 saturated carbocycles. The van der Waals surface area contributed by atoms with E-state index in [2.05, 4.69) is 46.1 Å². The highest BCUT2D eigenvalue weighted by molar-refractivity contribution is 9.10. The molecule has 0 aliphatic heterocycles. The molecule has 0 amide bonds. The van der Waals surface area contributed by atoms with E-state index in [0.29, 0.717) is 6.04 Å². The Bertz CT molecular complexity index is 403. The standard InChI is InChI=1S/C15H23BrN2O/c1-11(2)17-8-13-7-14(16)9-18-15(13)19-10-12-5-3-4-6-12/h7,9,11-12,17H,3-6,8,10H2,1-2H3. The Labute approximate surface area is 124 Å². The van der Waals surface area contributed by atoms with Crippen LogP contribution in [0.15, 0.2) is 16.7 Å². The van der Waals surface area contributed by atoms with E-state index < -0.39 is 0 Å². The molecule has 0 spiro atoms. The van der Waals surface area contributed by atoms with E-state index in [1.54, 1.807) is 0 Å². The number of pyridine rings is 1. The summed E-state index contributed by atoms with van der Waals surface area (Å²) in [5, 5.41) is 3.42. The highest BCUT2D eigenvalue weighted by atomic mass is 79.9. The molecule has 0 atom stereocenters. The highest BCUT2D eigenvalue weighted by Crippen LogP contribution is 2.26. The van der Waals surface area contributed by atoms with Crippen LogP contribution >= 0.6 is 15.9 Å². The monoisotopic (exact) mass is 326 g/mol. The number of nitrogens with zero attached hydrogens (tertiary/aromatic N) is 1. The first kappa shape index (κ1) is 14.8. The molecular formula is C15H23BrN2O. The molecule has 3 nitrogen and oxygen atoms in total. The lowest BCUT2D eigenvalue weighted by Crippen LogP contribution is -2.22. The largest absolute Gasteiger partial charge is 0.477 e. The van der Waals surface area contributed by atoms with Gasteiger partial charge in [0.15, 0.2) is 0 Å². The molecule has 1 aromatic rings. The normalized spacial score (nSPS) is 16.2. The maximum absolute atomic E-state index is 5.94. The molecular weight excluding hydrogens is 304 g/mol. The van der Waals surface area contributed by atoms with Gasteiger partial charge < -0.3 is 10.1 Å². The summed E-state index contributed by atoms with van der Waals surface area (Å²) in [7, 11) is 0. The number of halogens is 1. The number of rotatable bonds is 6. The van der Waals surface area contributed by atoms with Crippen LogP contribution in [0.1, 0.15) is 45.1 Å². The smallest absolute Gasteiger partial charge is 0.217 e. The summed E-state index contributed by atoms with van der Waals surface area (Å²) in [4.78, 5) is 4.41. The van der Waals surface area contributed by atoms with E-state index in [0.717, 1.165) is 35.0 Å². The van der Waals surface area contributed by atoms with Gasteiger partial charge in [-0.1, -0.05) is 26.7 Å². The minimum atomic E-state index is 0.460. The molecule has 19 heavy (non-hydrogen) atoms. The van der Waals surface area contributed by atoms with Crippen molar-refractivity contribution >= 4 is 15.9 Å². The summed E-state index contributed by atoms with van der Waals surface area (Å²) in [5.74, 6) is 1.50. The third-order valence-electron chi connectivity index (χ3n) is 3.52. The van der Waals surface area contributed by atoms with Gasteiger partial charge in [-0.05, 0) is 40.8 Å². The minimum Gasteiger partial charge on any atom is -0.477 e. The van der Waals surface area contributed by atoms with Crippen LogP contribution in [0.25, 0.3) is 0 Å². The summed E-state index contributed by atoms with van der Waals surface area (Å²) in [6.07, 6.45) is 7.11. The summed E-state index contributed by atoms with van der Waals surface area (Å²) in [6, 6.07) is 2.55. The second-order valence-corrected chi connectivity index (χ2v) is 6.53. The number of hydrogen-bond acceptors (Lipinski definition) is 3. The van der Waals surface area contributed by atoms with Gasteiger partial charge in [0, 0.05) is 28.8 Å². The van der Waals surface area contributed by atoms with E-state index in [1.165, 1.54) is 25.7 Å². The Morgan fingerprint density at radius 3 is 2.84 bits per heavy atom. The molecule has 106 valence electrons. The third kappa shape index (κ3) is 4.77. The third-order valence-corrected chi connectivity index (χ3v) is 3.96. The molecule has 0 aromatic carbocycles. The lowest BCUT2D eigenvalue weighted by molar-refractivity contribution is 0.240. The fourth-order valence-electron chi connectivity index (χ4n) is 2.41. The van der Waals surface area contributed by atoms with Crippen molar-refractivity contribution in [2.24, 2.45) is 5.92 Å². The van der Waals surface area contributed by atoms with Gasteiger partial charge >= 0.3 is 0 Å². The first-order valence-corrected chi connectivity index (χ1v) is 7.95. The number of aromatic nitrogens is 1. The number of hydrogen-bond donors (Lipinski definition) is 1. The molecule has 0 saturated heterocycles. The maximum atomic E-state index is 5.94. The van der Waals surface area contributed by atoms with Crippen molar-refractivity contribution in [2.75, 3.05) is 6.61 Å². The van der Waals surface area contributed by atoms with Crippen LogP contribution in [-0.4, -0.2) is 17.6 Å². The van der Waals surface area contributed by atoms with Crippen LogP contribution in [0.3, 0.4) is 0 Å². The molecule has 1 N–H and O–H groups in total. The zero-order valence-electron chi connectivity index (χ0n) is 11.8. The Kier molecular flexibility index (Phi) is 5.64. The predicted octanol–water partition coefficient (Wildman–Crippen LogP) is 3.91. The molecule has 1 heterocycles. The van der Waals surface area contributed by atoms with Crippen LogP contribution in [0.2, 0.25) is 0 Å². The van der Waals surface area contributed by atoms with Crippen molar-refractivity contribution in [1.29, 1.82) is 0 Å². The first-order chi connectivity index (χ1) is 9.15. The summed E-state index contributed by atoms with van der Waals surface area (Å²) >= 11 is 3.47. The van der Waals surface area contributed by atoms with Crippen LogP contribution in [-0.2, 0) is 6.54 Å². The van der Waals surface area contributed by atoms with Crippen molar-refractivity contribution in [3.63, 3.8) is 0 Å². The van der Waals surface area contributed by atoms with Gasteiger partial charge in [0.25, 0.3) is 0 Å².